The average Bonchev–Trinajstić information content (AvgIpc) is 2.13. The van der Waals surface area contributed by atoms with Crippen molar-refractivity contribution in [1.82, 2.24) is 5.32 Å². The van der Waals surface area contributed by atoms with E-state index in [0.29, 0.717) is 13.0 Å². The van der Waals surface area contributed by atoms with Crippen molar-refractivity contribution in [3.63, 3.8) is 0 Å². The van der Waals surface area contributed by atoms with E-state index in [-0.39, 0.29) is 17.2 Å². The molecule has 84 valence electrons. The van der Waals surface area contributed by atoms with Gasteiger partial charge in [0.25, 0.3) is 0 Å². The molecule has 0 aliphatic heterocycles. The summed E-state index contributed by atoms with van der Waals surface area (Å²) < 4.78 is 11.0. The summed E-state index contributed by atoms with van der Waals surface area (Å²) in [4.78, 5) is 11.2. The third-order valence-corrected chi connectivity index (χ3v) is 3.43. The van der Waals surface area contributed by atoms with Gasteiger partial charge in [0.05, 0.1) is 0 Å². The molecule has 3 atom stereocenters. The lowest BCUT2D eigenvalue weighted by molar-refractivity contribution is -0.121. The summed E-state index contributed by atoms with van der Waals surface area (Å²) in [7, 11) is -0.887. The van der Waals surface area contributed by atoms with Crippen molar-refractivity contribution in [2.24, 2.45) is 5.73 Å². The first-order valence-corrected chi connectivity index (χ1v) is 6.44. The summed E-state index contributed by atoms with van der Waals surface area (Å²) in [5.74, 6) is -0.0587. The number of nitrogens with one attached hydrogen (secondary N) is 1. The van der Waals surface area contributed by atoms with Gasteiger partial charge in [0.1, 0.15) is 0 Å². The first-order valence-electron chi connectivity index (χ1n) is 4.81. The van der Waals surface area contributed by atoms with E-state index in [0.717, 1.165) is 6.42 Å². The molecular weight excluding hydrogens is 200 g/mol. The van der Waals surface area contributed by atoms with Crippen molar-refractivity contribution in [1.29, 1.82) is 0 Å². The van der Waals surface area contributed by atoms with Crippen LogP contribution in [-0.2, 0) is 15.6 Å². The van der Waals surface area contributed by atoms with Crippen LogP contribution in [0.3, 0.4) is 0 Å². The summed E-state index contributed by atoms with van der Waals surface area (Å²) >= 11 is 0. The summed E-state index contributed by atoms with van der Waals surface area (Å²) in [5, 5.41) is 2.71. The van der Waals surface area contributed by atoms with E-state index in [1.807, 2.05) is 13.8 Å². The van der Waals surface area contributed by atoms with E-state index < -0.39 is 10.8 Å². The SMILES string of the molecule is CCC(N)CC(=O)NCC(C)S(C)=O. The Kier molecular flexibility index (Phi) is 6.74. The maximum Gasteiger partial charge on any atom is 0.221 e. The Balaban J connectivity index is 3.69. The second-order valence-corrected chi connectivity index (χ2v) is 5.29. The predicted molar refractivity (Wildman–Crippen MR) is 59.4 cm³/mol. The van der Waals surface area contributed by atoms with Crippen molar-refractivity contribution >= 4 is 16.7 Å². The van der Waals surface area contributed by atoms with Crippen molar-refractivity contribution in [3.05, 3.63) is 0 Å². The Labute approximate surface area is 88.1 Å². The van der Waals surface area contributed by atoms with Crippen LogP contribution in [0.25, 0.3) is 0 Å². The van der Waals surface area contributed by atoms with Crippen LogP contribution in [0.5, 0.6) is 0 Å². The van der Waals surface area contributed by atoms with Crippen LogP contribution in [0.4, 0.5) is 0 Å². The smallest absolute Gasteiger partial charge is 0.221 e. The van der Waals surface area contributed by atoms with Crippen LogP contribution in [0, 0.1) is 0 Å². The maximum atomic E-state index is 11.2. The highest BCUT2D eigenvalue weighted by molar-refractivity contribution is 7.84. The van der Waals surface area contributed by atoms with Crippen molar-refractivity contribution < 1.29 is 9.00 Å². The van der Waals surface area contributed by atoms with Crippen LogP contribution in [0.2, 0.25) is 0 Å². The van der Waals surface area contributed by atoms with Gasteiger partial charge in [-0.05, 0) is 13.3 Å². The number of hydrogen-bond acceptors (Lipinski definition) is 3. The van der Waals surface area contributed by atoms with Crippen molar-refractivity contribution in [2.75, 3.05) is 12.8 Å². The van der Waals surface area contributed by atoms with E-state index in [1.54, 1.807) is 6.26 Å². The van der Waals surface area contributed by atoms with Crippen molar-refractivity contribution in [3.8, 4) is 0 Å². The first kappa shape index (κ1) is 13.6. The van der Waals surface area contributed by atoms with Crippen LogP contribution < -0.4 is 11.1 Å². The molecule has 0 aromatic heterocycles. The van der Waals surface area contributed by atoms with Gasteiger partial charge in [-0.2, -0.15) is 0 Å². The minimum atomic E-state index is -0.887. The Hall–Kier alpha value is -0.420. The molecule has 0 bridgehead atoms. The van der Waals surface area contributed by atoms with Crippen LogP contribution in [0.15, 0.2) is 0 Å². The van der Waals surface area contributed by atoms with Gasteiger partial charge in [0.2, 0.25) is 5.91 Å². The molecule has 1 amide bonds. The lowest BCUT2D eigenvalue weighted by Crippen LogP contribution is -2.36. The molecule has 0 fully saturated rings. The summed E-state index contributed by atoms with van der Waals surface area (Å²) in [6.07, 6.45) is 2.77. The molecule has 0 aromatic carbocycles. The van der Waals surface area contributed by atoms with E-state index in [1.165, 1.54) is 0 Å². The number of carbonyl (C=O) groups is 1. The Morgan fingerprint density at radius 1 is 1.57 bits per heavy atom. The zero-order chi connectivity index (χ0) is 11.1. The molecule has 0 aromatic rings. The third kappa shape index (κ3) is 6.10. The largest absolute Gasteiger partial charge is 0.355 e. The molecule has 0 radical (unpaired) electrons. The number of amides is 1. The van der Waals surface area contributed by atoms with Gasteiger partial charge < -0.3 is 11.1 Å². The summed E-state index contributed by atoms with van der Waals surface area (Å²) in [6.45, 7) is 4.25. The van der Waals surface area contributed by atoms with Crippen LogP contribution >= 0.6 is 0 Å². The number of hydrogen-bond donors (Lipinski definition) is 2. The molecule has 0 spiro atoms. The maximum absolute atomic E-state index is 11.2. The number of nitrogens with two attached hydrogens (primary N) is 1. The highest BCUT2D eigenvalue weighted by Gasteiger charge is 2.10. The molecule has 0 aliphatic carbocycles. The molecule has 0 saturated carbocycles. The molecule has 14 heavy (non-hydrogen) atoms. The second-order valence-electron chi connectivity index (χ2n) is 3.49. The first-order chi connectivity index (χ1) is 6.47. The van der Waals surface area contributed by atoms with E-state index in [9.17, 15) is 9.00 Å². The monoisotopic (exact) mass is 220 g/mol. The van der Waals surface area contributed by atoms with E-state index in [2.05, 4.69) is 5.32 Å². The Morgan fingerprint density at radius 2 is 2.14 bits per heavy atom. The molecule has 0 heterocycles. The van der Waals surface area contributed by atoms with Gasteiger partial charge in [-0.3, -0.25) is 9.00 Å². The standard InChI is InChI=1S/C9H20N2O2S/c1-4-8(10)5-9(12)11-6-7(2)14(3)13/h7-8H,4-6,10H2,1-3H3,(H,11,12). The van der Waals surface area contributed by atoms with E-state index in [4.69, 9.17) is 5.73 Å². The summed E-state index contributed by atoms with van der Waals surface area (Å²) in [5.41, 5.74) is 5.62. The van der Waals surface area contributed by atoms with Gasteiger partial charge in [0.15, 0.2) is 0 Å². The molecule has 0 saturated heterocycles. The molecule has 3 N–H and O–H groups in total. The van der Waals surface area contributed by atoms with Gasteiger partial charge in [-0.1, -0.05) is 6.92 Å². The predicted octanol–water partition coefficient (Wildman–Crippen LogP) is -0.00300. The van der Waals surface area contributed by atoms with Gasteiger partial charge in [-0.25, -0.2) is 0 Å². The minimum Gasteiger partial charge on any atom is -0.355 e. The molecule has 5 heteroatoms. The molecular formula is C9H20N2O2S. The van der Waals surface area contributed by atoms with Crippen molar-refractivity contribution in [2.45, 2.75) is 38.0 Å². The quantitative estimate of drug-likeness (QED) is 0.661. The number of rotatable bonds is 6. The third-order valence-electron chi connectivity index (χ3n) is 2.13. The molecule has 4 nitrogen and oxygen atoms in total. The molecule has 0 rings (SSSR count). The minimum absolute atomic E-state index is 0.00296. The second kappa shape index (κ2) is 6.95. The Bertz CT molecular complexity index is 209. The van der Waals surface area contributed by atoms with Crippen LogP contribution in [-0.4, -0.2) is 34.2 Å². The normalized spacial score (nSPS) is 17.1. The molecule has 3 unspecified atom stereocenters. The van der Waals surface area contributed by atoms with E-state index >= 15 is 0 Å². The average molecular weight is 220 g/mol. The fourth-order valence-corrected chi connectivity index (χ4v) is 1.15. The van der Waals surface area contributed by atoms with Crippen LogP contribution in [0.1, 0.15) is 26.7 Å². The van der Waals surface area contributed by atoms with Gasteiger partial charge in [-0.15, -0.1) is 0 Å². The lowest BCUT2D eigenvalue weighted by Gasteiger charge is -2.12. The fourth-order valence-electron chi connectivity index (χ4n) is 0.830. The topological polar surface area (TPSA) is 72.2 Å². The zero-order valence-electron chi connectivity index (χ0n) is 9.08. The number of carbonyl (C=O) groups excluding carboxylic acids is 1. The molecule has 0 aliphatic rings. The Morgan fingerprint density at radius 3 is 2.57 bits per heavy atom. The highest BCUT2D eigenvalue weighted by Crippen LogP contribution is 1.94. The van der Waals surface area contributed by atoms with Gasteiger partial charge >= 0.3 is 0 Å². The summed E-state index contributed by atoms with van der Waals surface area (Å²) in [6, 6.07) is -0.0718. The lowest BCUT2D eigenvalue weighted by atomic mass is 10.1. The highest BCUT2D eigenvalue weighted by atomic mass is 32.2. The zero-order valence-corrected chi connectivity index (χ0v) is 9.89. The fraction of sp³-hybridized carbons (Fsp3) is 0.889. The van der Waals surface area contributed by atoms with Gasteiger partial charge in [0, 0.05) is 41.3 Å².